The highest BCUT2D eigenvalue weighted by Gasteiger charge is 2.16. The molecule has 0 saturated carbocycles. The van der Waals surface area contributed by atoms with Gasteiger partial charge in [-0.2, -0.15) is 4.98 Å². The van der Waals surface area contributed by atoms with Crippen LogP contribution in [0, 0.1) is 6.92 Å². The minimum atomic E-state index is -0.541. The van der Waals surface area contributed by atoms with E-state index >= 15 is 0 Å². The molecule has 0 N–H and O–H groups in total. The number of carbonyl (C=O) groups excluding carboxylic acids is 1. The van der Waals surface area contributed by atoms with Gasteiger partial charge in [-0.1, -0.05) is 5.16 Å². The highest BCUT2D eigenvalue weighted by atomic mass is 16.6. The van der Waals surface area contributed by atoms with Crippen molar-refractivity contribution in [2.75, 3.05) is 14.2 Å². The molecule has 1 aromatic heterocycles. The van der Waals surface area contributed by atoms with Gasteiger partial charge in [-0.3, -0.25) is 0 Å². The van der Waals surface area contributed by atoms with Gasteiger partial charge >= 0.3 is 5.97 Å². The van der Waals surface area contributed by atoms with E-state index < -0.39 is 5.97 Å². The summed E-state index contributed by atoms with van der Waals surface area (Å²) in [6.07, 6.45) is 0. The molecule has 1 heterocycles. The van der Waals surface area contributed by atoms with Crippen molar-refractivity contribution in [3.63, 3.8) is 0 Å². The van der Waals surface area contributed by atoms with Crippen LogP contribution >= 0.6 is 0 Å². The first-order valence-electron chi connectivity index (χ1n) is 5.82. The van der Waals surface area contributed by atoms with Crippen molar-refractivity contribution in [2.24, 2.45) is 0 Å². The normalized spacial score (nSPS) is 10.2. The van der Waals surface area contributed by atoms with Gasteiger partial charge in [0.15, 0.2) is 12.4 Å². The number of aromatic nitrogens is 2. The van der Waals surface area contributed by atoms with Gasteiger partial charge < -0.3 is 18.7 Å². The fourth-order valence-corrected chi connectivity index (χ4v) is 1.57. The predicted octanol–water partition coefficient (Wildman–Crippen LogP) is 1.75. The zero-order chi connectivity index (χ0) is 14.5. The molecular formula is C13H14N2O5. The molecule has 0 saturated heterocycles. The van der Waals surface area contributed by atoms with E-state index in [0.29, 0.717) is 22.9 Å². The average Bonchev–Trinajstić information content (AvgIpc) is 2.89. The van der Waals surface area contributed by atoms with Crippen molar-refractivity contribution < 1.29 is 23.5 Å². The lowest BCUT2D eigenvalue weighted by Crippen LogP contribution is -2.07. The van der Waals surface area contributed by atoms with Crippen molar-refractivity contribution in [1.29, 1.82) is 0 Å². The third-order valence-corrected chi connectivity index (χ3v) is 2.52. The molecule has 2 rings (SSSR count). The van der Waals surface area contributed by atoms with Crippen molar-refractivity contribution in [2.45, 2.75) is 13.5 Å². The van der Waals surface area contributed by atoms with Gasteiger partial charge in [-0.25, -0.2) is 4.79 Å². The second kappa shape index (κ2) is 6.05. The Bertz CT molecular complexity index is 609. The Labute approximate surface area is 115 Å². The van der Waals surface area contributed by atoms with Gasteiger partial charge in [0, 0.05) is 6.07 Å². The molecule has 0 fully saturated rings. The third kappa shape index (κ3) is 3.05. The first-order chi connectivity index (χ1) is 9.63. The molecular weight excluding hydrogens is 264 g/mol. The van der Waals surface area contributed by atoms with Crippen LogP contribution in [0.5, 0.6) is 11.5 Å². The van der Waals surface area contributed by atoms with Crippen LogP contribution in [-0.4, -0.2) is 30.3 Å². The van der Waals surface area contributed by atoms with E-state index in [1.165, 1.54) is 14.2 Å². The lowest BCUT2D eigenvalue weighted by molar-refractivity contribution is 0.0426. The molecule has 7 heteroatoms. The number of rotatable bonds is 5. The molecule has 0 radical (unpaired) electrons. The van der Waals surface area contributed by atoms with E-state index in [-0.39, 0.29) is 12.5 Å². The summed E-state index contributed by atoms with van der Waals surface area (Å²) in [6, 6.07) is 4.82. The molecule has 106 valence electrons. The van der Waals surface area contributed by atoms with Crippen molar-refractivity contribution >= 4 is 5.97 Å². The minimum absolute atomic E-state index is 0.0884. The summed E-state index contributed by atoms with van der Waals surface area (Å²) in [5, 5.41) is 3.61. The first-order valence-corrected chi connectivity index (χ1v) is 5.82. The van der Waals surface area contributed by atoms with Crippen molar-refractivity contribution in [3.8, 4) is 11.5 Å². The fourth-order valence-electron chi connectivity index (χ4n) is 1.57. The number of ether oxygens (including phenoxy) is 3. The van der Waals surface area contributed by atoms with E-state index in [1.54, 1.807) is 25.1 Å². The summed E-state index contributed by atoms with van der Waals surface area (Å²) in [6.45, 7) is 1.59. The molecule has 0 aliphatic carbocycles. The smallest absolute Gasteiger partial charge is 0.342 e. The number of hydrogen-bond acceptors (Lipinski definition) is 7. The fraction of sp³-hybridized carbons (Fsp3) is 0.308. The maximum atomic E-state index is 12.0. The van der Waals surface area contributed by atoms with Crippen molar-refractivity contribution in [1.82, 2.24) is 10.1 Å². The maximum absolute atomic E-state index is 12.0. The van der Waals surface area contributed by atoms with Crippen LogP contribution < -0.4 is 9.47 Å². The van der Waals surface area contributed by atoms with Crippen LogP contribution in [-0.2, 0) is 11.3 Å². The monoisotopic (exact) mass is 278 g/mol. The molecule has 7 nitrogen and oxygen atoms in total. The lowest BCUT2D eigenvalue weighted by atomic mass is 10.2. The number of hydrogen-bond donors (Lipinski definition) is 0. The molecule has 2 aromatic rings. The Balaban J connectivity index is 2.08. The zero-order valence-corrected chi connectivity index (χ0v) is 11.4. The van der Waals surface area contributed by atoms with Crippen LogP contribution in [0.3, 0.4) is 0 Å². The molecule has 0 spiro atoms. The third-order valence-electron chi connectivity index (χ3n) is 2.52. The number of esters is 1. The summed E-state index contributed by atoms with van der Waals surface area (Å²) < 4.78 is 20.1. The van der Waals surface area contributed by atoms with Gasteiger partial charge in [-0.15, -0.1) is 0 Å². The second-order valence-corrected chi connectivity index (χ2v) is 3.88. The Kier molecular flexibility index (Phi) is 4.19. The highest BCUT2D eigenvalue weighted by molar-refractivity contribution is 5.92. The number of aryl methyl sites for hydroxylation is 1. The van der Waals surface area contributed by atoms with Gasteiger partial charge in [0.05, 0.1) is 14.2 Å². The average molecular weight is 278 g/mol. The Morgan fingerprint density at radius 3 is 2.70 bits per heavy atom. The zero-order valence-electron chi connectivity index (χ0n) is 11.4. The minimum Gasteiger partial charge on any atom is -0.497 e. The summed E-state index contributed by atoms with van der Waals surface area (Å²) in [4.78, 5) is 15.9. The first kappa shape index (κ1) is 13.9. The Morgan fingerprint density at radius 2 is 2.10 bits per heavy atom. The van der Waals surface area contributed by atoms with Crippen LogP contribution in [0.15, 0.2) is 22.7 Å². The van der Waals surface area contributed by atoms with Gasteiger partial charge in [-0.05, 0) is 19.1 Å². The standard InChI is InChI=1S/C13H14N2O5/c1-8-14-12(20-15-8)7-19-13(16)10-5-4-9(17-2)6-11(10)18-3/h4-6H,7H2,1-3H3. The molecule has 0 aliphatic rings. The molecule has 0 bridgehead atoms. The van der Waals surface area contributed by atoms with Crippen LogP contribution in [0.2, 0.25) is 0 Å². The summed E-state index contributed by atoms with van der Waals surface area (Å²) in [5.74, 6) is 1.14. The van der Waals surface area contributed by atoms with Crippen LogP contribution in [0.25, 0.3) is 0 Å². The van der Waals surface area contributed by atoms with Gasteiger partial charge in [0.25, 0.3) is 5.89 Å². The summed E-state index contributed by atoms with van der Waals surface area (Å²) in [5.41, 5.74) is 0.296. The Hall–Kier alpha value is -2.57. The highest BCUT2D eigenvalue weighted by Crippen LogP contribution is 2.25. The van der Waals surface area contributed by atoms with E-state index in [4.69, 9.17) is 18.7 Å². The summed E-state index contributed by atoms with van der Waals surface area (Å²) in [7, 11) is 3.00. The molecule has 0 unspecified atom stereocenters. The molecule has 0 amide bonds. The number of methoxy groups -OCH3 is 2. The van der Waals surface area contributed by atoms with Gasteiger partial charge in [0.1, 0.15) is 17.1 Å². The number of benzene rings is 1. The largest absolute Gasteiger partial charge is 0.497 e. The van der Waals surface area contributed by atoms with E-state index in [0.717, 1.165) is 0 Å². The molecule has 0 aliphatic heterocycles. The molecule has 20 heavy (non-hydrogen) atoms. The Morgan fingerprint density at radius 1 is 1.30 bits per heavy atom. The predicted molar refractivity (Wildman–Crippen MR) is 67.7 cm³/mol. The van der Waals surface area contributed by atoms with Crippen molar-refractivity contribution in [3.05, 3.63) is 35.5 Å². The number of carbonyl (C=O) groups is 1. The van der Waals surface area contributed by atoms with E-state index in [9.17, 15) is 4.79 Å². The van der Waals surface area contributed by atoms with Gasteiger partial charge in [0.2, 0.25) is 0 Å². The second-order valence-electron chi connectivity index (χ2n) is 3.88. The van der Waals surface area contributed by atoms with Crippen LogP contribution in [0.1, 0.15) is 22.1 Å². The topological polar surface area (TPSA) is 83.7 Å². The lowest BCUT2D eigenvalue weighted by Gasteiger charge is -2.09. The SMILES string of the molecule is COc1ccc(C(=O)OCc2nc(C)no2)c(OC)c1. The van der Waals surface area contributed by atoms with E-state index in [2.05, 4.69) is 10.1 Å². The number of nitrogens with zero attached hydrogens (tertiary/aromatic N) is 2. The summed E-state index contributed by atoms with van der Waals surface area (Å²) >= 11 is 0. The maximum Gasteiger partial charge on any atom is 0.342 e. The van der Waals surface area contributed by atoms with Crippen LogP contribution in [0.4, 0.5) is 0 Å². The molecule has 1 aromatic carbocycles. The quantitative estimate of drug-likeness (QED) is 0.770. The molecule has 0 atom stereocenters. The van der Waals surface area contributed by atoms with E-state index in [1.807, 2.05) is 0 Å².